The Morgan fingerprint density at radius 1 is 1.38 bits per heavy atom. The summed E-state index contributed by atoms with van der Waals surface area (Å²) in [6.07, 6.45) is 3.24. The monoisotopic (exact) mass is 356 g/mol. The molecule has 3 rings (SSSR count). The van der Waals surface area contributed by atoms with Crippen LogP contribution in [0.1, 0.15) is 30.6 Å². The SMILES string of the molecule is CC[C@@]1(O)C(=O)N(c2cccc(C(=O)NCCn3cncn3)c2)N=C1C. The predicted molar refractivity (Wildman–Crippen MR) is 94.6 cm³/mol. The summed E-state index contributed by atoms with van der Waals surface area (Å²) in [5, 5.41) is 22.5. The number of amides is 2. The zero-order chi connectivity index (χ0) is 18.7. The van der Waals surface area contributed by atoms with Gasteiger partial charge in [-0.3, -0.25) is 14.3 Å². The Bertz CT molecular complexity index is 848. The van der Waals surface area contributed by atoms with E-state index in [2.05, 4.69) is 20.5 Å². The molecular formula is C17H20N6O3. The van der Waals surface area contributed by atoms with Crippen molar-refractivity contribution in [1.29, 1.82) is 0 Å². The molecule has 2 amide bonds. The van der Waals surface area contributed by atoms with Gasteiger partial charge < -0.3 is 10.4 Å². The smallest absolute Gasteiger partial charge is 0.285 e. The Morgan fingerprint density at radius 2 is 2.19 bits per heavy atom. The minimum absolute atomic E-state index is 0.236. The second kappa shape index (κ2) is 7.04. The summed E-state index contributed by atoms with van der Waals surface area (Å²) in [6.45, 7) is 4.23. The van der Waals surface area contributed by atoms with Crippen LogP contribution in [0.5, 0.6) is 0 Å². The molecule has 0 radical (unpaired) electrons. The van der Waals surface area contributed by atoms with Crippen molar-refractivity contribution in [2.75, 3.05) is 11.6 Å². The summed E-state index contributed by atoms with van der Waals surface area (Å²) >= 11 is 0. The molecule has 1 aliphatic heterocycles. The lowest BCUT2D eigenvalue weighted by molar-refractivity contribution is -0.129. The van der Waals surface area contributed by atoms with Crippen LogP contribution in [0.15, 0.2) is 42.0 Å². The highest BCUT2D eigenvalue weighted by Crippen LogP contribution is 2.29. The molecule has 0 saturated heterocycles. The standard InChI is InChI=1S/C17H20N6O3/c1-3-17(26)12(2)21-23(16(17)25)14-6-4-5-13(9-14)15(24)19-7-8-22-11-18-10-20-22/h4-6,9-11,26H,3,7-8H2,1-2H3,(H,19,24)/t17-/m0/s1. The number of aromatic nitrogens is 3. The van der Waals surface area contributed by atoms with Gasteiger partial charge in [-0.2, -0.15) is 15.2 Å². The number of benzene rings is 1. The molecule has 1 aromatic carbocycles. The van der Waals surface area contributed by atoms with Crippen LogP contribution in [-0.4, -0.2) is 49.5 Å². The van der Waals surface area contributed by atoms with E-state index in [-0.39, 0.29) is 12.3 Å². The Labute approximate surface area is 150 Å². The molecule has 0 spiro atoms. The number of carbonyl (C=O) groups is 2. The van der Waals surface area contributed by atoms with E-state index in [9.17, 15) is 14.7 Å². The fourth-order valence-electron chi connectivity index (χ4n) is 2.70. The van der Waals surface area contributed by atoms with Crippen LogP contribution < -0.4 is 10.3 Å². The van der Waals surface area contributed by atoms with Crippen LogP contribution in [0.3, 0.4) is 0 Å². The number of hydrogen-bond acceptors (Lipinski definition) is 6. The molecule has 2 N–H and O–H groups in total. The minimum atomic E-state index is -1.59. The first-order chi connectivity index (χ1) is 12.5. The quantitative estimate of drug-likeness (QED) is 0.786. The first kappa shape index (κ1) is 17.7. The van der Waals surface area contributed by atoms with Crippen molar-refractivity contribution in [3.8, 4) is 0 Å². The van der Waals surface area contributed by atoms with Gasteiger partial charge in [-0.15, -0.1) is 0 Å². The van der Waals surface area contributed by atoms with Crippen LogP contribution in [0.4, 0.5) is 5.69 Å². The molecule has 1 aliphatic rings. The Balaban J connectivity index is 1.70. The highest BCUT2D eigenvalue weighted by molar-refractivity contribution is 6.21. The highest BCUT2D eigenvalue weighted by atomic mass is 16.3. The van der Waals surface area contributed by atoms with E-state index in [0.29, 0.717) is 30.1 Å². The molecule has 136 valence electrons. The lowest BCUT2D eigenvalue weighted by Gasteiger charge is -2.20. The summed E-state index contributed by atoms with van der Waals surface area (Å²) in [4.78, 5) is 28.7. The average Bonchev–Trinajstić information content (AvgIpc) is 3.25. The topological polar surface area (TPSA) is 113 Å². The van der Waals surface area contributed by atoms with Gasteiger partial charge in [-0.1, -0.05) is 13.0 Å². The predicted octanol–water partition coefficient (Wildman–Crippen LogP) is 0.572. The van der Waals surface area contributed by atoms with E-state index in [1.165, 1.54) is 6.33 Å². The Kier molecular flexibility index (Phi) is 4.81. The van der Waals surface area contributed by atoms with Gasteiger partial charge in [0.2, 0.25) is 0 Å². The first-order valence-electron chi connectivity index (χ1n) is 8.29. The van der Waals surface area contributed by atoms with Gasteiger partial charge >= 0.3 is 0 Å². The second-order valence-electron chi connectivity index (χ2n) is 5.98. The lowest BCUT2D eigenvalue weighted by Crippen LogP contribution is -2.45. The van der Waals surface area contributed by atoms with Crippen LogP contribution >= 0.6 is 0 Å². The van der Waals surface area contributed by atoms with E-state index in [1.807, 2.05) is 0 Å². The summed E-state index contributed by atoms with van der Waals surface area (Å²) in [5.41, 5.74) is -0.417. The Morgan fingerprint density at radius 3 is 2.85 bits per heavy atom. The van der Waals surface area contributed by atoms with Crippen molar-refractivity contribution in [2.24, 2.45) is 5.10 Å². The fraction of sp³-hybridized carbons (Fsp3) is 0.353. The number of aliphatic hydroxyl groups is 1. The minimum Gasteiger partial charge on any atom is -0.374 e. The molecule has 1 aromatic heterocycles. The first-order valence-corrected chi connectivity index (χ1v) is 8.29. The molecule has 2 aromatic rings. The molecule has 0 saturated carbocycles. The summed E-state index contributed by atoms with van der Waals surface area (Å²) < 4.78 is 1.61. The van der Waals surface area contributed by atoms with Gasteiger partial charge in [-0.25, -0.2) is 4.98 Å². The molecule has 1 atom stereocenters. The zero-order valence-electron chi connectivity index (χ0n) is 14.6. The van der Waals surface area contributed by atoms with Gasteiger partial charge in [0.15, 0.2) is 5.60 Å². The molecule has 9 nitrogen and oxygen atoms in total. The van der Waals surface area contributed by atoms with E-state index in [4.69, 9.17) is 0 Å². The molecule has 2 heterocycles. The Hall–Kier alpha value is -3.07. The number of carbonyl (C=O) groups excluding carboxylic acids is 2. The van der Waals surface area contributed by atoms with E-state index >= 15 is 0 Å². The molecular weight excluding hydrogens is 336 g/mol. The maximum atomic E-state index is 12.5. The fourth-order valence-corrected chi connectivity index (χ4v) is 2.70. The van der Waals surface area contributed by atoms with Crippen molar-refractivity contribution in [2.45, 2.75) is 32.4 Å². The van der Waals surface area contributed by atoms with Crippen molar-refractivity contribution in [3.63, 3.8) is 0 Å². The number of nitrogens with one attached hydrogen (secondary N) is 1. The molecule has 0 fully saturated rings. The van der Waals surface area contributed by atoms with Crippen molar-refractivity contribution in [3.05, 3.63) is 42.5 Å². The van der Waals surface area contributed by atoms with Gasteiger partial charge in [0.1, 0.15) is 12.7 Å². The van der Waals surface area contributed by atoms with Crippen LogP contribution in [0.25, 0.3) is 0 Å². The molecule has 9 heteroatoms. The van der Waals surface area contributed by atoms with Crippen molar-refractivity contribution in [1.82, 2.24) is 20.1 Å². The van der Waals surface area contributed by atoms with Gasteiger partial charge in [-0.05, 0) is 31.5 Å². The van der Waals surface area contributed by atoms with Gasteiger partial charge in [0.25, 0.3) is 11.8 Å². The van der Waals surface area contributed by atoms with E-state index in [0.717, 1.165) is 5.01 Å². The molecule has 0 aliphatic carbocycles. The summed E-state index contributed by atoms with van der Waals surface area (Å²) in [6, 6.07) is 6.56. The molecule has 0 unspecified atom stereocenters. The van der Waals surface area contributed by atoms with Gasteiger partial charge in [0.05, 0.1) is 17.9 Å². The van der Waals surface area contributed by atoms with Crippen LogP contribution in [0.2, 0.25) is 0 Å². The number of hydrazone groups is 1. The second-order valence-corrected chi connectivity index (χ2v) is 5.98. The van der Waals surface area contributed by atoms with E-state index in [1.54, 1.807) is 49.1 Å². The molecule has 0 bridgehead atoms. The average molecular weight is 356 g/mol. The number of anilines is 1. The van der Waals surface area contributed by atoms with Crippen LogP contribution in [-0.2, 0) is 11.3 Å². The maximum absolute atomic E-state index is 12.5. The highest BCUT2D eigenvalue weighted by Gasteiger charge is 2.46. The van der Waals surface area contributed by atoms with E-state index < -0.39 is 11.5 Å². The third-order valence-electron chi connectivity index (χ3n) is 4.35. The number of hydrogen-bond donors (Lipinski definition) is 2. The number of rotatable bonds is 6. The zero-order valence-corrected chi connectivity index (χ0v) is 14.6. The van der Waals surface area contributed by atoms with Crippen LogP contribution in [0, 0.1) is 0 Å². The maximum Gasteiger partial charge on any atom is 0.285 e. The largest absolute Gasteiger partial charge is 0.374 e. The van der Waals surface area contributed by atoms with Crippen molar-refractivity contribution < 1.29 is 14.7 Å². The van der Waals surface area contributed by atoms with Gasteiger partial charge in [0, 0.05) is 12.1 Å². The molecule has 26 heavy (non-hydrogen) atoms. The normalized spacial score (nSPS) is 19.6. The third-order valence-corrected chi connectivity index (χ3v) is 4.35. The summed E-state index contributed by atoms with van der Waals surface area (Å²) in [7, 11) is 0. The summed E-state index contributed by atoms with van der Waals surface area (Å²) in [5.74, 6) is -0.786. The van der Waals surface area contributed by atoms with Crippen molar-refractivity contribution >= 4 is 23.2 Å². The third kappa shape index (κ3) is 3.21. The lowest BCUT2D eigenvalue weighted by atomic mass is 9.95. The number of nitrogens with zero attached hydrogens (tertiary/aromatic N) is 5.